The zero-order valence-corrected chi connectivity index (χ0v) is 18.5. The number of nitrogens with zero attached hydrogens (tertiary/aromatic N) is 3. The molecule has 32 heavy (non-hydrogen) atoms. The first-order chi connectivity index (χ1) is 14.9. The van der Waals surface area contributed by atoms with E-state index in [1.807, 2.05) is 0 Å². The van der Waals surface area contributed by atoms with E-state index in [-0.39, 0.29) is 42.1 Å². The number of aliphatic hydroxyl groups is 1. The maximum atomic E-state index is 12.2. The highest BCUT2D eigenvalue weighted by Gasteiger charge is 2.30. The van der Waals surface area contributed by atoms with Gasteiger partial charge in [-0.1, -0.05) is 27.7 Å². The largest absolute Gasteiger partial charge is 0.464 e. The second kappa shape index (κ2) is 10.5. The standard InChI is InChI=1S/C19H31N7O6/c1-8(2)11(20)17(29)31-6-10(16(28)32-18(30)12(21)9(3)4)5-26-7-23-13-14(26)24-19(22)25-15(13)27/h7-12,16,28H,5-6,20-21H2,1-4H3,(H3,22,24,25,27)/t10?,11-,12-,16?/m0/s1. The normalized spacial score (nSPS) is 15.5. The quantitative estimate of drug-likeness (QED) is 0.210. The van der Waals surface area contributed by atoms with Gasteiger partial charge < -0.3 is 36.3 Å². The number of imidazole rings is 1. The molecule has 0 aromatic carbocycles. The first-order valence-corrected chi connectivity index (χ1v) is 10.2. The highest BCUT2D eigenvalue weighted by molar-refractivity contribution is 5.76. The molecule has 0 radical (unpaired) electrons. The summed E-state index contributed by atoms with van der Waals surface area (Å²) in [5, 5.41) is 10.6. The third-order valence-electron chi connectivity index (χ3n) is 4.98. The van der Waals surface area contributed by atoms with Crippen molar-refractivity contribution in [2.45, 2.75) is 52.6 Å². The molecule has 2 unspecified atom stereocenters. The van der Waals surface area contributed by atoms with Crippen molar-refractivity contribution in [2.75, 3.05) is 12.3 Å². The predicted molar refractivity (Wildman–Crippen MR) is 115 cm³/mol. The second-order valence-electron chi connectivity index (χ2n) is 8.28. The van der Waals surface area contributed by atoms with Crippen LogP contribution in [0.3, 0.4) is 0 Å². The van der Waals surface area contributed by atoms with Gasteiger partial charge in [0.05, 0.1) is 12.2 Å². The van der Waals surface area contributed by atoms with Crippen molar-refractivity contribution in [2.24, 2.45) is 29.2 Å². The zero-order chi connectivity index (χ0) is 24.2. The summed E-state index contributed by atoms with van der Waals surface area (Å²) in [4.78, 5) is 46.8. The molecule has 0 aliphatic heterocycles. The third kappa shape index (κ3) is 6.02. The molecular formula is C19H31N7O6. The Labute approximate surface area is 184 Å². The predicted octanol–water partition coefficient (Wildman–Crippen LogP) is -1.31. The number of aromatic nitrogens is 4. The van der Waals surface area contributed by atoms with Crippen LogP contribution in [-0.4, -0.2) is 61.5 Å². The lowest BCUT2D eigenvalue weighted by Crippen LogP contribution is -2.43. The van der Waals surface area contributed by atoms with Gasteiger partial charge in [0.25, 0.3) is 5.56 Å². The number of anilines is 1. The van der Waals surface area contributed by atoms with Crippen molar-refractivity contribution in [1.82, 2.24) is 19.5 Å². The number of ether oxygens (including phenoxy) is 2. The van der Waals surface area contributed by atoms with Gasteiger partial charge in [0.1, 0.15) is 18.7 Å². The number of carbonyl (C=O) groups excluding carboxylic acids is 2. The molecule has 0 bridgehead atoms. The van der Waals surface area contributed by atoms with Crippen molar-refractivity contribution < 1.29 is 24.2 Å². The summed E-state index contributed by atoms with van der Waals surface area (Å²) in [6, 6.07) is -1.81. The maximum absolute atomic E-state index is 12.2. The Morgan fingerprint density at radius 1 is 1.16 bits per heavy atom. The Kier molecular flexibility index (Phi) is 8.30. The molecule has 13 nitrogen and oxygen atoms in total. The summed E-state index contributed by atoms with van der Waals surface area (Å²) in [6.07, 6.45) is -0.359. The summed E-state index contributed by atoms with van der Waals surface area (Å²) >= 11 is 0. The number of H-pyrrole nitrogens is 1. The lowest BCUT2D eigenvalue weighted by atomic mass is 10.1. The molecule has 0 fully saturated rings. The van der Waals surface area contributed by atoms with Crippen LogP contribution in [0.4, 0.5) is 5.95 Å². The van der Waals surface area contributed by atoms with Gasteiger partial charge in [0, 0.05) is 6.54 Å². The van der Waals surface area contributed by atoms with Crippen molar-refractivity contribution in [3.8, 4) is 0 Å². The van der Waals surface area contributed by atoms with Crippen LogP contribution in [0.2, 0.25) is 0 Å². The van der Waals surface area contributed by atoms with Crippen LogP contribution in [0, 0.1) is 17.8 Å². The molecule has 0 amide bonds. The van der Waals surface area contributed by atoms with E-state index >= 15 is 0 Å². The van der Waals surface area contributed by atoms with Gasteiger partial charge >= 0.3 is 11.9 Å². The lowest BCUT2D eigenvalue weighted by molar-refractivity contribution is -0.185. The van der Waals surface area contributed by atoms with Gasteiger partial charge in [-0.3, -0.25) is 19.4 Å². The SMILES string of the molecule is CC(C)[C@H](N)C(=O)OCC(Cn1cnc2c(=O)[nH]c(N)nc21)C(O)OC(=O)[C@@H](N)C(C)C. The summed E-state index contributed by atoms with van der Waals surface area (Å²) in [5.74, 6) is -2.92. The minimum Gasteiger partial charge on any atom is -0.464 e. The first-order valence-electron chi connectivity index (χ1n) is 10.2. The van der Waals surface area contributed by atoms with E-state index in [9.17, 15) is 19.5 Å². The molecule has 8 N–H and O–H groups in total. The smallest absolute Gasteiger partial charge is 0.325 e. The van der Waals surface area contributed by atoms with Crippen LogP contribution in [0.1, 0.15) is 27.7 Å². The number of hydrogen-bond acceptors (Lipinski definition) is 11. The number of esters is 2. The monoisotopic (exact) mass is 453 g/mol. The number of carbonyl (C=O) groups is 2. The summed E-state index contributed by atoms with van der Waals surface area (Å²) in [6.45, 7) is 6.59. The van der Waals surface area contributed by atoms with Gasteiger partial charge in [-0.25, -0.2) is 4.98 Å². The Balaban J connectivity index is 2.26. The summed E-state index contributed by atoms with van der Waals surface area (Å²) < 4.78 is 11.8. The van der Waals surface area contributed by atoms with Gasteiger partial charge in [-0.05, 0) is 11.8 Å². The van der Waals surface area contributed by atoms with Gasteiger partial charge in [-0.2, -0.15) is 4.98 Å². The van der Waals surface area contributed by atoms with Crippen LogP contribution in [-0.2, 0) is 25.6 Å². The fourth-order valence-electron chi connectivity index (χ4n) is 2.71. The highest BCUT2D eigenvalue weighted by Crippen LogP contribution is 2.16. The Bertz CT molecular complexity index is 1000. The molecule has 0 saturated heterocycles. The van der Waals surface area contributed by atoms with E-state index in [2.05, 4.69) is 15.0 Å². The topological polar surface area (TPSA) is 214 Å². The minimum atomic E-state index is -1.67. The van der Waals surface area contributed by atoms with E-state index in [1.54, 1.807) is 27.7 Å². The van der Waals surface area contributed by atoms with E-state index < -0.39 is 41.8 Å². The fourth-order valence-corrected chi connectivity index (χ4v) is 2.71. The highest BCUT2D eigenvalue weighted by atomic mass is 16.6. The molecule has 4 atom stereocenters. The summed E-state index contributed by atoms with van der Waals surface area (Å²) in [5.41, 5.74) is 16.8. The lowest BCUT2D eigenvalue weighted by Gasteiger charge is -2.25. The molecule has 2 rings (SSSR count). The molecule has 13 heteroatoms. The zero-order valence-electron chi connectivity index (χ0n) is 18.5. The van der Waals surface area contributed by atoms with E-state index in [0.717, 1.165) is 0 Å². The van der Waals surface area contributed by atoms with Crippen LogP contribution < -0.4 is 22.8 Å². The van der Waals surface area contributed by atoms with Gasteiger partial charge in [0.2, 0.25) is 12.2 Å². The fraction of sp³-hybridized carbons (Fsp3) is 0.632. The molecule has 2 aromatic rings. The molecule has 2 heterocycles. The minimum absolute atomic E-state index is 0.0325. The van der Waals surface area contributed by atoms with Crippen LogP contribution in [0.5, 0.6) is 0 Å². The van der Waals surface area contributed by atoms with E-state index in [4.69, 9.17) is 26.7 Å². The van der Waals surface area contributed by atoms with Crippen LogP contribution >= 0.6 is 0 Å². The van der Waals surface area contributed by atoms with Crippen LogP contribution in [0.15, 0.2) is 11.1 Å². The molecule has 0 saturated carbocycles. The third-order valence-corrected chi connectivity index (χ3v) is 4.98. The number of nitrogens with two attached hydrogens (primary N) is 3. The number of fused-ring (bicyclic) bond motifs is 1. The number of nitrogen functional groups attached to an aromatic ring is 1. The van der Waals surface area contributed by atoms with Crippen LogP contribution in [0.25, 0.3) is 11.2 Å². The summed E-state index contributed by atoms with van der Waals surface area (Å²) in [7, 11) is 0. The van der Waals surface area contributed by atoms with Gasteiger partial charge in [-0.15, -0.1) is 0 Å². The number of hydrogen-bond donors (Lipinski definition) is 5. The van der Waals surface area contributed by atoms with Crippen molar-refractivity contribution in [1.29, 1.82) is 0 Å². The average molecular weight is 454 g/mol. The van der Waals surface area contributed by atoms with E-state index in [0.29, 0.717) is 0 Å². The molecule has 0 spiro atoms. The number of nitrogens with one attached hydrogen (secondary N) is 1. The first kappa shape index (κ1) is 25.2. The molecule has 0 aliphatic carbocycles. The van der Waals surface area contributed by atoms with Crippen molar-refractivity contribution >= 4 is 29.1 Å². The van der Waals surface area contributed by atoms with E-state index in [1.165, 1.54) is 10.9 Å². The molecular weight excluding hydrogens is 422 g/mol. The molecule has 178 valence electrons. The van der Waals surface area contributed by atoms with Crippen molar-refractivity contribution in [3.05, 3.63) is 16.7 Å². The molecule has 2 aromatic heterocycles. The Morgan fingerprint density at radius 2 is 1.75 bits per heavy atom. The second-order valence-corrected chi connectivity index (χ2v) is 8.28. The maximum Gasteiger partial charge on any atom is 0.325 e. The number of rotatable bonds is 10. The van der Waals surface area contributed by atoms with Gasteiger partial charge in [0.15, 0.2) is 11.2 Å². The molecule has 0 aliphatic rings. The Morgan fingerprint density at radius 3 is 2.34 bits per heavy atom. The number of aliphatic hydroxyl groups excluding tert-OH is 1. The Hall–Kier alpha value is -3.03. The number of aromatic amines is 1. The van der Waals surface area contributed by atoms with Crippen molar-refractivity contribution in [3.63, 3.8) is 0 Å². The average Bonchev–Trinajstić information content (AvgIpc) is 3.11.